The van der Waals surface area contributed by atoms with E-state index >= 15 is 0 Å². The molecule has 25 heavy (non-hydrogen) atoms. The molecule has 2 aromatic rings. The van der Waals surface area contributed by atoms with E-state index in [1.807, 2.05) is 41.3 Å². The number of nitrogens with one attached hydrogen (secondary N) is 2. The summed E-state index contributed by atoms with van der Waals surface area (Å²) in [6.07, 6.45) is 3.80. The maximum atomic E-state index is 12.6. The van der Waals surface area contributed by atoms with E-state index in [1.165, 1.54) is 0 Å². The van der Waals surface area contributed by atoms with Crippen molar-refractivity contribution in [2.24, 2.45) is 0 Å². The van der Waals surface area contributed by atoms with Crippen LogP contribution in [0.5, 0.6) is 0 Å². The summed E-state index contributed by atoms with van der Waals surface area (Å²) in [5.41, 5.74) is 2.44. The molecule has 0 bridgehead atoms. The molecule has 1 aromatic heterocycles. The van der Waals surface area contributed by atoms with Gasteiger partial charge in [-0.05, 0) is 30.9 Å². The molecular formula is C19H22N4O2. The quantitative estimate of drug-likeness (QED) is 0.849. The number of rotatable bonds is 6. The molecule has 6 nitrogen and oxygen atoms in total. The first-order valence-electron chi connectivity index (χ1n) is 8.89. The molecule has 0 spiro atoms. The third kappa shape index (κ3) is 3.57. The first-order valence-corrected chi connectivity index (χ1v) is 8.89. The summed E-state index contributed by atoms with van der Waals surface area (Å²) in [5.74, 6) is 0.482. The summed E-state index contributed by atoms with van der Waals surface area (Å²) in [6.45, 7) is 1.25. The van der Waals surface area contributed by atoms with E-state index in [0.29, 0.717) is 24.6 Å². The number of carbonyl (C=O) groups is 2. The molecule has 0 unspecified atom stereocenters. The molecule has 0 radical (unpaired) electrons. The zero-order valence-electron chi connectivity index (χ0n) is 14.1. The second-order valence-electron chi connectivity index (χ2n) is 6.86. The van der Waals surface area contributed by atoms with Gasteiger partial charge in [-0.3, -0.25) is 14.7 Å². The molecule has 2 heterocycles. The van der Waals surface area contributed by atoms with E-state index < -0.39 is 0 Å². The Labute approximate surface area is 146 Å². The molecule has 1 saturated heterocycles. The Kier molecular flexibility index (Phi) is 4.26. The zero-order chi connectivity index (χ0) is 17.2. The van der Waals surface area contributed by atoms with Crippen LogP contribution in [0.3, 0.4) is 0 Å². The van der Waals surface area contributed by atoms with Gasteiger partial charge in [0.2, 0.25) is 5.91 Å². The predicted octanol–water partition coefficient (Wildman–Crippen LogP) is 2.38. The average Bonchev–Trinajstić information content (AvgIpc) is 3.22. The summed E-state index contributed by atoms with van der Waals surface area (Å²) in [4.78, 5) is 26.5. The SMILES string of the molecule is O=C(N[C@@H](CN1CCCC1=O)c1ccccc1)c1cc(C2CC2)[nH]n1. The highest BCUT2D eigenvalue weighted by molar-refractivity contribution is 5.92. The normalized spacial score (nSPS) is 18.4. The van der Waals surface area contributed by atoms with Crippen molar-refractivity contribution >= 4 is 11.8 Å². The lowest BCUT2D eigenvalue weighted by molar-refractivity contribution is -0.128. The minimum absolute atomic E-state index is 0.158. The number of hydrogen-bond donors (Lipinski definition) is 2. The van der Waals surface area contributed by atoms with Crippen LogP contribution in [0.15, 0.2) is 36.4 Å². The third-order valence-electron chi connectivity index (χ3n) is 4.93. The standard InChI is InChI=1S/C19H22N4O2/c24-18-7-4-10-23(18)12-17(13-5-2-1-3-6-13)20-19(25)16-11-15(21-22-16)14-8-9-14/h1-3,5-6,11,14,17H,4,7-10,12H2,(H,20,25)(H,21,22)/t17-/m0/s1. The average molecular weight is 338 g/mol. The van der Waals surface area contributed by atoms with Crippen molar-refractivity contribution in [1.29, 1.82) is 0 Å². The fourth-order valence-corrected chi connectivity index (χ4v) is 3.33. The van der Waals surface area contributed by atoms with Crippen LogP contribution in [-0.4, -0.2) is 40.0 Å². The fraction of sp³-hybridized carbons (Fsp3) is 0.421. The predicted molar refractivity (Wildman–Crippen MR) is 93.0 cm³/mol. The van der Waals surface area contributed by atoms with Crippen molar-refractivity contribution in [3.05, 3.63) is 53.3 Å². The summed E-state index contributed by atoms with van der Waals surface area (Å²) in [7, 11) is 0. The summed E-state index contributed by atoms with van der Waals surface area (Å²) in [5, 5.41) is 10.2. The topological polar surface area (TPSA) is 78.1 Å². The van der Waals surface area contributed by atoms with Crippen molar-refractivity contribution in [2.75, 3.05) is 13.1 Å². The first kappa shape index (κ1) is 15.9. The van der Waals surface area contributed by atoms with Crippen LogP contribution in [0.4, 0.5) is 0 Å². The van der Waals surface area contributed by atoms with Crippen molar-refractivity contribution in [2.45, 2.75) is 37.6 Å². The molecule has 1 aliphatic carbocycles. The molecule has 1 saturated carbocycles. The van der Waals surface area contributed by atoms with Gasteiger partial charge in [0.1, 0.15) is 5.69 Å². The van der Waals surface area contributed by atoms with Gasteiger partial charge in [-0.1, -0.05) is 30.3 Å². The number of aromatic nitrogens is 2. The van der Waals surface area contributed by atoms with E-state index in [0.717, 1.165) is 37.1 Å². The Balaban J connectivity index is 1.50. The number of carbonyl (C=O) groups excluding carboxylic acids is 2. The van der Waals surface area contributed by atoms with Crippen molar-refractivity contribution in [3.63, 3.8) is 0 Å². The largest absolute Gasteiger partial charge is 0.342 e. The van der Waals surface area contributed by atoms with Gasteiger partial charge in [0.25, 0.3) is 5.91 Å². The highest BCUT2D eigenvalue weighted by Gasteiger charge is 2.28. The fourth-order valence-electron chi connectivity index (χ4n) is 3.33. The van der Waals surface area contributed by atoms with E-state index in [4.69, 9.17) is 0 Å². The van der Waals surface area contributed by atoms with Gasteiger partial charge in [0.15, 0.2) is 0 Å². The number of benzene rings is 1. The van der Waals surface area contributed by atoms with Crippen LogP contribution in [-0.2, 0) is 4.79 Å². The minimum atomic E-state index is -0.239. The Morgan fingerprint density at radius 1 is 1.32 bits per heavy atom. The molecule has 2 N–H and O–H groups in total. The van der Waals surface area contributed by atoms with Crippen LogP contribution < -0.4 is 5.32 Å². The molecule has 2 amide bonds. The highest BCUT2D eigenvalue weighted by Crippen LogP contribution is 2.39. The van der Waals surface area contributed by atoms with Gasteiger partial charge < -0.3 is 10.2 Å². The molecule has 130 valence electrons. The summed E-state index contributed by atoms with van der Waals surface area (Å²) < 4.78 is 0. The molecular weight excluding hydrogens is 316 g/mol. The van der Waals surface area contributed by atoms with E-state index in [-0.39, 0.29) is 17.9 Å². The Bertz CT molecular complexity index is 767. The van der Waals surface area contributed by atoms with Crippen LogP contribution in [0.25, 0.3) is 0 Å². The summed E-state index contributed by atoms with van der Waals surface area (Å²) in [6, 6.07) is 11.4. The Morgan fingerprint density at radius 3 is 2.80 bits per heavy atom. The van der Waals surface area contributed by atoms with Crippen LogP contribution in [0.2, 0.25) is 0 Å². The zero-order valence-corrected chi connectivity index (χ0v) is 14.1. The molecule has 4 rings (SSSR count). The maximum Gasteiger partial charge on any atom is 0.272 e. The van der Waals surface area contributed by atoms with E-state index in [1.54, 1.807) is 0 Å². The minimum Gasteiger partial charge on any atom is -0.342 e. The molecule has 2 fully saturated rings. The monoisotopic (exact) mass is 338 g/mol. The molecule has 2 aliphatic rings. The van der Waals surface area contributed by atoms with E-state index in [9.17, 15) is 9.59 Å². The smallest absolute Gasteiger partial charge is 0.272 e. The lowest BCUT2D eigenvalue weighted by Gasteiger charge is -2.25. The number of amides is 2. The molecule has 1 atom stereocenters. The second kappa shape index (κ2) is 6.70. The molecule has 6 heteroatoms. The first-order chi connectivity index (χ1) is 12.2. The van der Waals surface area contributed by atoms with Crippen molar-refractivity contribution in [1.82, 2.24) is 20.4 Å². The number of aromatic amines is 1. The molecule has 1 aliphatic heterocycles. The van der Waals surface area contributed by atoms with Gasteiger partial charge in [0, 0.05) is 31.1 Å². The summed E-state index contributed by atoms with van der Waals surface area (Å²) >= 11 is 0. The second-order valence-corrected chi connectivity index (χ2v) is 6.86. The van der Waals surface area contributed by atoms with E-state index in [2.05, 4.69) is 15.5 Å². The highest BCUT2D eigenvalue weighted by atomic mass is 16.2. The Morgan fingerprint density at radius 2 is 2.12 bits per heavy atom. The van der Waals surface area contributed by atoms with Gasteiger partial charge in [-0.25, -0.2) is 0 Å². The number of nitrogens with zero attached hydrogens (tertiary/aromatic N) is 2. The number of hydrogen-bond acceptors (Lipinski definition) is 3. The number of likely N-dealkylation sites (tertiary alicyclic amines) is 1. The number of H-pyrrole nitrogens is 1. The van der Waals surface area contributed by atoms with Crippen molar-refractivity contribution in [3.8, 4) is 0 Å². The van der Waals surface area contributed by atoms with Gasteiger partial charge in [-0.15, -0.1) is 0 Å². The van der Waals surface area contributed by atoms with Gasteiger partial charge in [-0.2, -0.15) is 5.10 Å². The lowest BCUT2D eigenvalue weighted by atomic mass is 10.1. The van der Waals surface area contributed by atoms with Gasteiger partial charge >= 0.3 is 0 Å². The van der Waals surface area contributed by atoms with Crippen LogP contribution in [0.1, 0.15) is 59.4 Å². The Hall–Kier alpha value is -2.63. The lowest BCUT2D eigenvalue weighted by Crippen LogP contribution is -2.38. The van der Waals surface area contributed by atoms with Gasteiger partial charge in [0.05, 0.1) is 6.04 Å². The molecule has 1 aromatic carbocycles. The van der Waals surface area contributed by atoms with Crippen LogP contribution in [0, 0.1) is 0 Å². The third-order valence-corrected chi connectivity index (χ3v) is 4.93. The maximum absolute atomic E-state index is 12.6. The van der Waals surface area contributed by atoms with Crippen LogP contribution >= 0.6 is 0 Å². The van der Waals surface area contributed by atoms with Crippen molar-refractivity contribution < 1.29 is 9.59 Å².